The van der Waals surface area contributed by atoms with Crippen molar-refractivity contribution in [3.05, 3.63) is 45.9 Å². The fourth-order valence-corrected chi connectivity index (χ4v) is 5.06. The predicted molar refractivity (Wildman–Crippen MR) is 113 cm³/mol. The SMILES string of the molecule is CC(=O)N(C[C@@H]1CN(Cc2cccc(Cl)c2)CCO1)Sc1nc(CC(=O)O)cs1. The molecule has 0 radical (unpaired) electrons. The van der Waals surface area contributed by atoms with Crippen LogP contribution in [-0.2, 0) is 27.3 Å². The molecule has 10 heteroatoms. The summed E-state index contributed by atoms with van der Waals surface area (Å²) in [6.07, 6.45) is -0.237. The molecule has 0 bridgehead atoms. The van der Waals surface area contributed by atoms with Crippen molar-refractivity contribution in [2.45, 2.75) is 30.3 Å². The van der Waals surface area contributed by atoms with Crippen LogP contribution in [0, 0.1) is 0 Å². The Morgan fingerprint density at radius 1 is 1.48 bits per heavy atom. The molecular formula is C19H22ClN3O4S2. The minimum absolute atomic E-state index is 0.0967. The molecule has 3 rings (SSSR count). The second-order valence-corrected chi connectivity index (χ2v) is 9.27. The van der Waals surface area contributed by atoms with Gasteiger partial charge < -0.3 is 9.84 Å². The monoisotopic (exact) mass is 455 g/mol. The molecule has 2 heterocycles. The molecule has 1 aromatic carbocycles. The van der Waals surface area contributed by atoms with Crippen LogP contribution in [0.3, 0.4) is 0 Å². The Kier molecular flexibility index (Phi) is 7.91. The van der Waals surface area contributed by atoms with E-state index in [2.05, 4.69) is 9.88 Å². The smallest absolute Gasteiger partial charge is 0.309 e. The van der Waals surface area contributed by atoms with Gasteiger partial charge in [-0.25, -0.2) is 4.98 Å². The number of halogens is 1. The second kappa shape index (κ2) is 10.4. The van der Waals surface area contributed by atoms with Gasteiger partial charge in [-0.05, 0) is 17.7 Å². The standard InChI is InChI=1S/C19H22ClN3O4S2/c1-13(24)23(29-19-21-16(12-28-19)8-18(25)26)11-17-10-22(5-6-27-17)9-14-3-2-4-15(20)7-14/h2-4,7,12,17H,5-6,8-11H2,1H3,(H,25,26)/t17-/m0/s1. The van der Waals surface area contributed by atoms with Crippen molar-refractivity contribution < 1.29 is 19.4 Å². The van der Waals surface area contributed by atoms with E-state index >= 15 is 0 Å². The summed E-state index contributed by atoms with van der Waals surface area (Å²) in [6, 6.07) is 7.80. The van der Waals surface area contributed by atoms with Gasteiger partial charge in [0.25, 0.3) is 0 Å². The zero-order valence-corrected chi connectivity index (χ0v) is 18.3. The van der Waals surface area contributed by atoms with Crippen LogP contribution in [-0.4, -0.2) is 63.5 Å². The van der Waals surface area contributed by atoms with Gasteiger partial charge >= 0.3 is 5.97 Å². The van der Waals surface area contributed by atoms with E-state index in [0.717, 1.165) is 23.7 Å². The number of aliphatic carboxylic acids is 1. The van der Waals surface area contributed by atoms with Gasteiger partial charge in [0, 0.05) is 48.9 Å². The lowest BCUT2D eigenvalue weighted by Crippen LogP contribution is -2.46. The third kappa shape index (κ3) is 6.97. The van der Waals surface area contributed by atoms with E-state index in [1.165, 1.54) is 30.2 Å². The van der Waals surface area contributed by atoms with Crippen molar-refractivity contribution in [1.82, 2.24) is 14.2 Å². The zero-order chi connectivity index (χ0) is 20.8. The Balaban J connectivity index is 1.57. The number of morpholine rings is 1. The van der Waals surface area contributed by atoms with Gasteiger partial charge in [0.1, 0.15) is 0 Å². The predicted octanol–water partition coefficient (Wildman–Crippen LogP) is 3.18. The van der Waals surface area contributed by atoms with E-state index in [9.17, 15) is 9.59 Å². The van der Waals surface area contributed by atoms with Crippen LogP contribution < -0.4 is 0 Å². The Morgan fingerprint density at radius 3 is 3.03 bits per heavy atom. The topological polar surface area (TPSA) is 83.0 Å². The van der Waals surface area contributed by atoms with E-state index in [0.29, 0.717) is 29.7 Å². The second-order valence-electron chi connectivity index (χ2n) is 6.70. The summed E-state index contributed by atoms with van der Waals surface area (Å²) in [5.41, 5.74) is 1.64. The third-order valence-corrected chi connectivity index (χ3v) is 6.59. The molecule has 1 aliphatic rings. The Hall–Kier alpha value is -1.65. The number of carbonyl (C=O) groups excluding carboxylic acids is 1. The maximum Gasteiger partial charge on any atom is 0.309 e. The molecule has 0 spiro atoms. The largest absolute Gasteiger partial charge is 0.481 e. The molecule has 0 unspecified atom stereocenters. The van der Waals surface area contributed by atoms with Gasteiger partial charge in [0.15, 0.2) is 4.34 Å². The first-order valence-electron chi connectivity index (χ1n) is 9.09. The van der Waals surface area contributed by atoms with Crippen LogP contribution in [0.25, 0.3) is 0 Å². The van der Waals surface area contributed by atoms with E-state index in [-0.39, 0.29) is 18.4 Å². The molecule has 2 aromatic rings. The lowest BCUT2D eigenvalue weighted by Gasteiger charge is -2.35. The first-order chi connectivity index (χ1) is 13.9. The van der Waals surface area contributed by atoms with Crippen molar-refractivity contribution in [2.75, 3.05) is 26.2 Å². The average Bonchev–Trinajstić information content (AvgIpc) is 3.07. The number of nitrogens with zero attached hydrogens (tertiary/aromatic N) is 3. The van der Waals surface area contributed by atoms with Crippen molar-refractivity contribution in [2.24, 2.45) is 0 Å². The number of benzene rings is 1. The molecule has 156 valence electrons. The highest BCUT2D eigenvalue weighted by Crippen LogP contribution is 2.27. The van der Waals surface area contributed by atoms with E-state index in [4.69, 9.17) is 21.4 Å². The number of carbonyl (C=O) groups is 2. The van der Waals surface area contributed by atoms with Crippen molar-refractivity contribution in [3.63, 3.8) is 0 Å². The quantitative estimate of drug-likeness (QED) is 0.612. The van der Waals surface area contributed by atoms with Crippen molar-refractivity contribution in [3.8, 4) is 0 Å². The highest BCUT2D eigenvalue weighted by Gasteiger charge is 2.25. The number of rotatable bonds is 8. The van der Waals surface area contributed by atoms with E-state index < -0.39 is 5.97 Å². The summed E-state index contributed by atoms with van der Waals surface area (Å²) >= 11 is 8.64. The molecule has 1 atom stereocenters. The van der Waals surface area contributed by atoms with Crippen LogP contribution >= 0.6 is 34.9 Å². The van der Waals surface area contributed by atoms with Crippen molar-refractivity contribution >= 4 is 46.8 Å². The summed E-state index contributed by atoms with van der Waals surface area (Å²) in [4.78, 5) is 29.5. The van der Waals surface area contributed by atoms with Crippen molar-refractivity contribution in [1.29, 1.82) is 0 Å². The number of ether oxygens (including phenoxy) is 1. The summed E-state index contributed by atoms with van der Waals surface area (Å²) in [5.74, 6) is -1.02. The Bertz CT molecular complexity index is 863. The summed E-state index contributed by atoms with van der Waals surface area (Å²) < 4.78 is 8.14. The maximum absolute atomic E-state index is 12.1. The molecule has 1 fully saturated rings. The molecule has 1 amide bonds. The molecule has 1 saturated heterocycles. The minimum Gasteiger partial charge on any atom is -0.481 e. The van der Waals surface area contributed by atoms with Gasteiger partial charge in [0.05, 0.1) is 31.4 Å². The highest BCUT2D eigenvalue weighted by molar-refractivity contribution is 7.99. The summed E-state index contributed by atoms with van der Waals surface area (Å²) in [5, 5.41) is 11.3. The van der Waals surface area contributed by atoms with E-state index in [1.807, 2.05) is 24.3 Å². The van der Waals surface area contributed by atoms with Crippen LogP contribution in [0.5, 0.6) is 0 Å². The maximum atomic E-state index is 12.1. The van der Waals surface area contributed by atoms with Gasteiger partial charge in [-0.1, -0.05) is 23.7 Å². The van der Waals surface area contributed by atoms with Crippen LogP contribution in [0.4, 0.5) is 0 Å². The number of hydrogen-bond donors (Lipinski definition) is 1. The fraction of sp³-hybridized carbons (Fsp3) is 0.421. The lowest BCUT2D eigenvalue weighted by molar-refractivity contribution is -0.136. The third-order valence-electron chi connectivity index (χ3n) is 4.29. The Morgan fingerprint density at radius 2 is 2.31 bits per heavy atom. The zero-order valence-electron chi connectivity index (χ0n) is 15.9. The van der Waals surface area contributed by atoms with Gasteiger partial charge in [-0.15, -0.1) is 11.3 Å². The number of carboxylic acids is 1. The van der Waals surface area contributed by atoms with Gasteiger partial charge in [-0.3, -0.25) is 18.8 Å². The number of aromatic nitrogens is 1. The molecule has 7 nitrogen and oxygen atoms in total. The van der Waals surface area contributed by atoms with Gasteiger partial charge in [0.2, 0.25) is 5.91 Å². The lowest BCUT2D eigenvalue weighted by atomic mass is 10.2. The summed E-state index contributed by atoms with van der Waals surface area (Å²) in [6.45, 7) is 4.84. The molecule has 1 aromatic heterocycles. The Labute approximate surface area is 182 Å². The molecule has 0 aliphatic carbocycles. The first-order valence-corrected chi connectivity index (χ1v) is 11.1. The van der Waals surface area contributed by atoms with Crippen LogP contribution in [0.2, 0.25) is 5.02 Å². The molecular weight excluding hydrogens is 434 g/mol. The number of carboxylic acid groups (broad SMARTS) is 1. The molecule has 1 N–H and O–H groups in total. The molecule has 0 saturated carbocycles. The van der Waals surface area contributed by atoms with Crippen LogP contribution in [0.1, 0.15) is 18.2 Å². The average molecular weight is 456 g/mol. The number of amides is 1. The first kappa shape index (κ1) is 22.0. The van der Waals surface area contributed by atoms with Gasteiger partial charge in [-0.2, -0.15) is 0 Å². The van der Waals surface area contributed by atoms with Crippen LogP contribution in [0.15, 0.2) is 34.0 Å². The molecule has 1 aliphatic heterocycles. The number of hydrogen-bond acceptors (Lipinski definition) is 7. The normalized spacial score (nSPS) is 17.2. The molecule has 29 heavy (non-hydrogen) atoms. The fourth-order valence-electron chi connectivity index (χ4n) is 3.00. The number of thiazole rings is 1. The van der Waals surface area contributed by atoms with E-state index in [1.54, 1.807) is 9.69 Å². The minimum atomic E-state index is -0.925. The summed E-state index contributed by atoms with van der Waals surface area (Å²) in [7, 11) is 0. The highest BCUT2D eigenvalue weighted by atomic mass is 35.5.